The normalized spacial score (nSPS) is 17.1. The molecule has 3 aromatic rings. The van der Waals surface area contributed by atoms with Gasteiger partial charge in [-0.25, -0.2) is 0 Å². The molecular weight excluding hydrogens is 260 g/mol. The number of fused-ring (bicyclic) bond motifs is 3. The van der Waals surface area contributed by atoms with E-state index < -0.39 is 0 Å². The van der Waals surface area contributed by atoms with Crippen molar-refractivity contribution in [3.8, 4) is 5.75 Å². The predicted molar refractivity (Wildman–Crippen MR) is 84.6 cm³/mol. The Balaban J connectivity index is 1.92. The van der Waals surface area contributed by atoms with E-state index in [1.165, 1.54) is 16.2 Å². The van der Waals surface area contributed by atoms with Crippen molar-refractivity contribution < 1.29 is 9.52 Å². The summed E-state index contributed by atoms with van der Waals surface area (Å²) in [6.07, 6.45) is 5.23. The molecule has 0 saturated heterocycles. The molecule has 104 valence electrons. The third-order valence-electron chi connectivity index (χ3n) is 4.18. The van der Waals surface area contributed by atoms with Crippen LogP contribution in [0.5, 0.6) is 5.75 Å². The van der Waals surface area contributed by atoms with Gasteiger partial charge in [-0.1, -0.05) is 35.9 Å². The minimum atomic E-state index is 0.167. The smallest absolute Gasteiger partial charge is 0.135 e. The fourth-order valence-electron chi connectivity index (χ4n) is 3.10. The molecule has 1 aliphatic carbocycles. The first-order valence-electron chi connectivity index (χ1n) is 7.21. The van der Waals surface area contributed by atoms with Crippen LogP contribution in [0.3, 0.4) is 0 Å². The summed E-state index contributed by atoms with van der Waals surface area (Å²) >= 11 is 0. The van der Waals surface area contributed by atoms with Gasteiger partial charge >= 0.3 is 0 Å². The Bertz CT molecular complexity index is 947. The Labute approximate surface area is 122 Å². The van der Waals surface area contributed by atoms with Crippen molar-refractivity contribution in [2.45, 2.75) is 19.3 Å². The molecule has 0 fully saturated rings. The molecule has 1 aromatic heterocycles. The molecule has 0 bridgehead atoms. The van der Waals surface area contributed by atoms with Gasteiger partial charge in [0.25, 0.3) is 0 Å². The fourth-order valence-corrected chi connectivity index (χ4v) is 3.10. The van der Waals surface area contributed by atoms with Gasteiger partial charge in [0.15, 0.2) is 0 Å². The maximum absolute atomic E-state index is 10.0. The Morgan fingerprint density at radius 1 is 1.14 bits per heavy atom. The van der Waals surface area contributed by atoms with Crippen molar-refractivity contribution in [2.24, 2.45) is 0 Å². The summed E-state index contributed by atoms with van der Waals surface area (Å²) < 4.78 is 5.97. The number of phenolic OH excluding ortho intramolecular Hbond substituents is 1. The highest BCUT2D eigenvalue weighted by molar-refractivity contribution is 5.80. The minimum Gasteiger partial charge on any atom is -0.508 e. The number of furan rings is 1. The van der Waals surface area contributed by atoms with Gasteiger partial charge in [0.05, 0.1) is 0 Å². The van der Waals surface area contributed by atoms with E-state index in [1.807, 2.05) is 24.3 Å². The van der Waals surface area contributed by atoms with Gasteiger partial charge in [0, 0.05) is 22.1 Å². The molecular formula is C19H16O2. The molecule has 4 rings (SSSR count). The second-order valence-corrected chi connectivity index (χ2v) is 5.65. The molecule has 1 atom stereocenters. The van der Waals surface area contributed by atoms with Crippen LogP contribution in [0.25, 0.3) is 23.1 Å². The summed E-state index contributed by atoms with van der Waals surface area (Å²) in [7, 11) is 0. The highest BCUT2D eigenvalue weighted by atomic mass is 16.3. The quantitative estimate of drug-likeness (QED) is 0.740. The maximum Gasteiger partial charge on any atom is 0.135 e. The molecule has 0 radical (unpaired) electrons. The summed E-state index contributed by atoms with van der Waals surface area (Å²) in [5.41, 5.74) is 4.03. The topological polar surface area (TPSA) is 33.4 Å². The van der Waals surface area contributed by atoms with E-state index in [2.05, 4.69) is 31.2 Å². The number of hydrogen-bond acceptors (Lipinski definition) is 2. The first kappa shape index (κ1) is 12.3. The lowest BCUT2D eigenvalue weighted by Crippen LogP contribution is -2.24. The standard InChI is InChI=1S/C19H16O2/c1-12-6-9-18-16(10-12)15-8-7-13(11-19(15)21-18)14-4-2-3-5-17(14)20/h2-6,8-11,13,20H,7H2,1H3. The van der Waals surface area contributed by atoms with E-state index in [1.54, 1.807) is 6.07 Å². The zero-order valence-electron chi connectivity index (χ0n) is 11.8. The fraction of sp³-hybridized carbons (Fsp3) is 0.158. The van der Waals surface area contributed by atoms with Crippen LogP contribution < -0.4 is 10.6 Å². The van der Waals surface area contributed by atoms with Crippen molar-refractivity contribution in [2.75, 3.05) is 0 Å². The maximum atomic E-state index is 10.0. The van der Waals surface area contributed by atoms with Crippen LogP contribution in [0, 0.1) is 6.92 Å². The average molecular weight is 276 g/mol. The molecule has 1 unspecified atom stereocenters. The Morgan fingerprint density at radius 2 is 2.00 bits per heavy atom. The van der Waals surface area contributed by atoms with Crippen LogP contribution in [0.1, 0.15) is 23.5 Å². The number of aromatic hydroxyl groups is 1. The lowest BCUT2D eigenvalue weighted by molar-refractivity contribution is 0.466. The van der Waals surface area contributed by atoms with Gasteiger partial charge in [-0.05, 0) is 37.6 Å². The summed E-state index contributed by atoms with van der Waals surface area (Å²) in [5.74, 6) is 0.517. The van der Waals surface area contributed by atoms with E-state index in [4.69, 9.17) is 4.42 Å². The molecule has 1 heterocycles. The molecule has 0 amide bonds. The van der Waals surface area contributed by atoms with Gasteiger partial charge in [-0.3, -0.25) is 0 Å². The van der Waals surface area contributed by atoms with Gasteiger partial charge in [0.2, 0.25) is 0 Å². The van der Waals surface area contributed by atoms with E-state index >= 15 is 0 Å². The Morgan fingerprint density at radius 3 is 2.86 bits per heavy atom. The number of para-hydroxylation sites is 1. The number of benzene rings is 2. The van der Waals surface area contributed by atoms with Gasteiger partial charge in [-0.2, -0.15) is 0 Å². The van der Waals surface area contributed by atoms with Crippen molar-refractivity contribution in [3.63, 3.8) is 0 Å². The average Bonchev–Trinajstić information content (AvgIpc) is 2.84. The van der Waals surface area contributed by atoms with E-state index in [-0.39, 0.29) is 5.92 Å². The van der Waals surface area contributed by atoms with Gasteiger partial charge < -0.3 is 9.52 Å². The minimum absolute atomic E-state index is 0.167. The highest BCUT2D eigenvalue weighted by Gasteiger charge is 2.16. The molecule has 21 heavy (non-hydrogen) atoms. The monoisotopic (exact) mass is 276 g/mol. The zero-order chi connectivity index (χ0) is 14.4. The highest BCUT2D eigenvalue weighted by Crippen LogP contribution is 2.30. The number of hydrogen-bond donors (Lipinski definition) is 1. The van der Waals surface area contributed by atoms with E-state index in [0.29, 0.717) is 5.75 Å². The van der Waals surface area contributed by atoms with Crippen LogP contribution in [-0.4, -0.2) is 5.11 Å². The van der Waals surface area contributed by atoms with Crippen molar-refractivity contribution in [1.29, 1.82) is 0 Å². The zero-order valence-corrected chi connectivity index (χ0v) is 11.8. The van der Waals surface area contributed by atoms with Crippen molar-refractivity contribution >= 4 is 23.1 Å². The van der Waals surface area contributed by atoms with Crippen LogP contribution in [0.2, 0.25) is 0 Å². The van der Waals surface area contributed by atoms with Gasteiger partial charge in [-0.15, -0.1) is 0 Å². The number of phenols is 1. The Hall–Kier alpha value is -2.48. The van der Waals surface area contributed by atoms with Crippen LogP contribution in [0.4, 0.5) is 0 Å². The van der Waals surface area contributed by atoms with Crippen LogP contribution in [0.15, 0.2) is 46.9 Å². The molecule has 0 aliphatic heterocycles. The summed E-state index contributed by atoms with van der Waals surface area (Å²) in [4.78, 5) is 0. The lowest BCUT2D eigenvalue weighted by atomic mass is 9.91. The predicted octanol–water partition coefficient (Wildman–Crippen LogP) is 3.20. The van der Waals surface area contributed by atoms with Crippen molar-refractivity contribution in [1.82, 2.24) is 0 Å². The first-order valence-corrected chi connectivity index (χ1v) is 7.21. The Kier molecular flexibility index (Phi) is 2.64. The molecule has 0 spiro atoms. The summed E-state index contributed by atoms with van der Waals surface area (Å²) in [6, 6.07) is 13.8. The van der Waals surface area contributed by atoms with Gasteiger partial charge in [0.1, 0.15) is 16.7 Å². The number of rotatable bonds is 1. The lowest BCUT2D eigenvalue weighted by Gasteiger charge is -2.14. The molecule has 0 saturated carbocycles. The van der Waals surface area contributed by atoms with E-state index in [0.717, 1.165) is 23.0 Å². The second kappa shape index (κ2) is 4.52. The molecule has 1 aliphatic rings. The third kappa shape index (κ3) is 1.95. The van der Waals surface area contributed by atoms with Crippen LogP contribution in [-0.2, 0) is 0 Å². The molecule has 2 nitrogen and oxygen atoms in total. The second-order valence-electron chi connectivity index (χ2n) is 5.65. The van der Waals surface area contributed by atoms with Crippen molar-refractivity contribution in [3.05, 3.63) is 64.2 Å². The largest absolute Gasteiger partial charge is 0.508 e. The summed E-state index contributed by atoms with van der Waals surface area (Å²) in [6.45, 7) is 2.09. The SMILES string of the molecule is Cc1ccc2oc3c(c2c1)=CCC(c1ccccc1O)C=3. The molecule has 2 heteroatoms. The van der Waals surface area contributed by atoms with Crippen LogP contribution >= 0.6 is 0 Å². The molecule has 1 N–H and O–H groups in total. The number of aryl methyl sites for hydroxylation is 1. The molecule has 2 aromatic carbocycles. The first-order chi connectivity index (χ1) is 10.2. The van der Waals surface area contributed by atoms with E-state index in [9.17, 15) is 5.11 Å². The summed E-state index contributed by atoms with van der Waals surface area (Å²) in [5, 5.41) is 12.4. The third-order valence-corrected chi connectivity index (χ3v) is 4.18.